The number of benzene rings is 2. The van der Waals surface area contributed by atoms with E-state index in [2.05, 4.69) is 15.9 Å². The van der Waals surface area contributed by atoms with Gasteiger partial charge in [-0.25, -0.2) is 0 Å². The van der Waals surface area contributed by atoms with E-state index < -0.39 is 6.10 Å². The SMILES string of the molecule is COc1ccc(Br)c(C(=O)N2C[C@H](C(=O)N3CCOCC3)Oc3ccccc32)c1. The summed E-state index contributed by atoms with van der Waals surface area (Å²) < 4.78 is 17.2. The second-order valence-electron chi connectivity index (χ2n) is 6.77. The molecule has 0 saturated carbocycles. The minimum Gasteiger partial charge on any atom is -0.497 e. The molecule has 0 bridgehead atoms. The van der Waals surface area contributed by atoms with Gasteiger partial charge in [0, 0.05) is 17.6 Å². The van der Waals surface area contributed by atoms with Crippen molar-refractivity contribution in [1.82, 2.24) is 4.90 Å². The number of carbonyl (C=O) groups excluding carboxylic acids is 2. The molecule has 0 aromatic heterocycles. The van der Waals surface area contributed by atoms with E-state index >= 15 is 0 Å². The van der Waals surface area contributed by atoms with Gasteiger partial charge in [0.1, 0.15) is 11.5 Å². The number of nitrogens with zero attached hydrogens (tertiary/aromatic N) is 2. The predicted molar refractivity (Wildman–Crippen MR) is 111 cm³/mol. The molecule has 0 radical (unpaired) electrons. The van der Waals surface area contributed by atoms with Crippen LogP contribution < -0.4 is 14.4 Å². The molecule has 2 amide bonds. The normalized spacial score (nSPS) is 18.6. The predicted octanol–water partition coefficient (Wildman–Crippen LogP) is 2.72. The summed E-state index contributed by atoms with van der Waals surface area (Å²) in [4.78, 5) is 29.8. The average molecular weight is 461 g/mol. The van der Waals surface area contributed by atoms with Crippen LogP contribution in [0, 0.1) is 0 Å². The highest BCUT2D eigenvalue weighted by Crippen LogP contribution is 2.36. The number of ether oxygens (including phenoxy) is 3. The van der Waals surface area contributed by atoms with Crippen molar-refractivity contribution in [3.05, 3.63) is 52.5 Å². The minimum atomic E-state index is -0.767. The molecule has 2 aromatic rings. The van der Waals surface area contributed by atoms with Crippen LogP contribution in [0.5, 0.6) is 11.5 Å². The zero-order chi connectivity index (χ0) is 20.4. The number of para-hydroxylation sites is 2. The van der Waals surface area contributed by atoms with Crippen molar-refractivity contribution in [2.24, 2.45) is 0 Å². The molecule has 152 valence electrons. The van der Waals surface area contributed by atoms with Crippen LogP contribution in [-0.4, -0.2) is 62.8 Å². The molecule has 8 heteroatoms. The average Bonchev–Trinajstić information content (AvgIpc) is 2.78. The maximum atomic E-state index is 13.4. The molecule has 0 N–H and O–H groups in total. The van der Waals surface area contributed by atoms with Crippen molar-refractivity contribution in [2.75, 3.05) is 44.9 Å². The molecule has 29 heavy (non-hydrogen) atoms. The van der Waals surface area contributed by atoms with E-state index in [0.29, 0.717) is 53.5 Å². The standard InChI is InChI=1S/C21H21BrN2O5/c1-27-14-6-7-16(22)15(12-14)20(25)24-13-19(21(26)23-8-10-28-11-9-23)29-18-5-3-2-4-17(18)24/h2-7,12,19H,8-11,13H2,1H3/t19-/m1/s1. The summed E-state index contributed by atoms with van der Waals surface area (Å²) in [5.41, 5.74) is 1.09. The van der Waals surface area contributed by atoms with Crippen LogP contribution in [0.25, 0.3) is 0 Å². The first-order valence-electron chi connectivity index (χ1n) is 9.36. The molecule has 2 aliphatic rings. The van der Waals surface area contributed by atoms with Crippen LogP contribution in [0.2, 0.25) is 0 Å². The smallest absolute Gasteiger partial charge is 0.265 e. The summed E-state index contributed by atoms with van der Waals surface area (Å²) >= 11 is 3.45. The summed E-state index contributed by atoms with van der Waals surface area (Å²) in [5, 5.41) is 0. The summed E-state index contributed by atoms with van der Waals surface area (Å²) in [7, 11) is 1.55. The molecule has 0 aliphatic carbocycles. The van der Waals surface area contributed by atoms with Crippen molar-refractivity contribution in [3.8, 4) is 11.5 Å². The third-order valence-corrected chi connectivity index (χ3v) is 5.71. The molecule has 0 spiro atoms. The molecular weight excluding hydrogens is 440 g/mol. The first kappa shape index (κ1) is 19.7. The Labute approximate surface area is 177 Å². The molecule has 2 aliphatic heterocycles. The van der Waals surface area contributed by atoms with Gasteiger partial charge in [0.05, 0.1) is 38.1 Å². The Morgan fingerprint density at radius 1 is 1.14 bits per heavy atom. The van der Waals surface area contributed by atoms with E-state index in [0.717, 1.165) is 0 Å². The number of methoxy groups -OCH3 is 1. The lowest BCUT2D eigenvalue weighted by molar-refractivity contribution is -0.142. The molecule has 0 unspecified atom stereocenters. The molecule has 7 nitrogen and oxygen atoms in total. The van der Waals surface area contributed by atoms with Crippen LogP contribution in [0.1, 0.15) is 10.4 Å². The number of carbonyl (C=O) groups is 2. The number of hydrogen-bond acceptors (Lipinski definition) is 5. The van der Waals surface area contributed by atoms with Gasteiger partial charge in [-0.3, -0.25) is 9.59 Å². The van der Waals surface area contributed by atoms with E-state index in [4.69, 9.17) is 14.2 Å². The maximum Gasteiger partial charge on any atom is 0.265 e. The van der Waals surface area contributed by atoms with Crippen LogP contribution in [0.4, 0.5) is 5.69 Å². The lowest BCUT2D eigenvalue weighted by Gasteiger charge is -2.37. The Morgan fingerprint density at radius 3 is 2.66 bits per heavy atom. The molecule has 1 fully saturated rings. The summed E-state index contributed by atoms with van der Waals surface area (Å²) in [6.07, 6.45) is -0.767. The van der Waals surface area contributed by atoms with Gasteiger partial charge >= 0.3 is 0 Å². The molecule has 1 atom stereocenters. The highest BCUT2D eigenvalue weighted by Gasteiger charge is 2.37. The molecule has 2 heterocycles. The second-order valence-corrected chi connectivity index (χ2v) is 7.63. The van der Waals surface area contributed by atoms with Crippen molar-refractivity contribution >= 4 is 33.4 Å². The van der Waals surface area contributed by atoms with Crippen molar-refractivity contribution in [2.45, 2.75) is 6.10 Å². The lowest BCUT2D eigenvalue weighted by atomic mass is 10.1. The van der Waals surface area contributed by atoms with Crippen molar-refractivity contribution in [1.29, 1.82) is 0 Å². The number of amides is 2. The fourth-order valence-electron chi connectivity index (χ4n) is 3.48. The monoisotopic (exact) mass is 460 g/mol. The van der Waals surface area contributed by atoms with E-state index in [1.54, 1.807) is 41.2 Å². The van der Waals surface area contributed by atoms with Crippen LogP contribution in [0.15, 0.2) is 46.9 Å². The highest BCUT2D eigenvalue weighted by atomic mass is 79.9. The Morgan fingerprint density at radius 2 is 1.90 bits per heavy atom. The molecule has 4 rings (SSSR count). The lowest BCUT2D eigenvalue weighted by Crippen LogP contribution is -2.54. The largest absolute Gasteiger partial charge is 0.497 e. The number of fused-ring (bicyclic) bond motifs is 1. The summed E-state index contributed by atoms with van der Waals surface area (Å²) in [5.74, 6) is 0.730. The number of anilines is 1. The number of rotatable bonds is 3. The maximum absolute atomic E-state index is 13.4. The minimum absolute atomic E-state index is 0.134. The van der Waals surface area contributed by atoms with Crippen LogP contribution in [-0.2, 0) is 9.53 Å². The number of morpholine rings is 1. The Kier molecular flexibility index (Phi) is 5.73. The topological polar surface area (TPSA) is 68.3 Å². The third kappa shape index (κ3) is 3.95. The quantitative estimate of drug-likeness (QED) is 0.704. The zero-order valence-electron chi connectivity index (χ0n) is 16.0. The third-order valence-electron chi connectivity index (χ3n) is 5.02. The number of halogens is 1. The fourth-order valence-corrected chi connectivity index (χ4v) is 3.90. The molecular formula is C21H21BrN2O5. The zero-order valence-corrected chi connectivity index (χ0v) is 17.6. The van der Waals surface area contributed by atoms with E-state index in [-0.39, 0.29) is 18.4 Å². The fraction of sp³-hybridized carbons (Fsp3) is 0.333. The Bertz CT molecular complexity index is 929. The number of hydrogen-bond donors (Lipinski definition) is 0. The van der Waals surface area contributed by atoms with Gasteiger partial charge in [-0.05, 0) is 46.3 Å². The van der Waals surface area contributed by atoms with Gasteiger partial charge in [-0.1, -0.05) is 12.1 Å². The van der Waals surface area contributed by atoms with Gasteiger partial charge in [-0.15, -0.1) is 0 Å². The second kappa shape index (κ2) is 8.42. The van der Waals surface area contributed by atoms with Crippen molar-refractivity contribution < 1.29 is 23.8 Å². The molecule has 2 aromatic carbocycles. The Balaban J connectivity index is 1.66. The van der Waals surface area contributed by atoms with Gasteiger partial charge in [0.2, 0.25) is 0 Å². The van der Waals surface area contributed by atoms with Gasteiger partial charge in [-0.2, -0.15) is 0 Å². The van der Waals surface area contributed by atoms with Gasteiger partial charge < -0.3 is 24.0 Å². The van der Waals surface area contributed by atoms with Crippen molar-refractivity contribution in [3.63, 3.8) is 0 Å². The van der Waals surface area contributed by atoms with E-state index in [9.17, 15) is 9.59 Å². The summed E-state index contributed by atoms with van der Waals surface area (Å²) in [6.45, 7) is 2.20. The first-order chi connectivity index (χ1) is 14.1. The molecule has 1 saturated heterocycles. The van der Waals surface area contributed by atoms with Crippen LogP contribution in [0.3, 0.4) is 0 Å². The van der Waals surface area contributed by atoms with E-state index in [1.807, 2.05) is 18.2 Å². The summed E-state index contributed by atoms with van der Waals surface area (Å²) in [6, 6.07) is 12.5. The van der Waals surface area contributed by atoms with Crippen LogP contribution >= 0.6 is 15.9 Å². The first-order valence-corrected chi connectivity index (χ1v) is 10.2. The van der Waals surface area contributed by atoms with Gasteiger partial charge in [0.25, 0.3) is 11.8 Å². The highest BCUT2D eigenvalue weighted by molar-refractivity contribution is 9.10. The Hall–Kier alpha value is -2.58. The van der Waals surface area contributed by atoms with Gasteiger partial charge in [0.15, 0.2) is 6.10 Å². The van der Waals surface area contributed by atoms with E-state index in [1.165, 1.54) is 0 Å².